The second-order valence-corrected chi connectivity index (χ2v) is 10.4. The van der Waals surface area contributed by atoms with Gasteiger partial charge in [-0.25, -0.2) is 0 Å². The van der Waals surface area contributed by atoms with E-state index in [9.17, 15) is 9.90 Å². The van der Waals surface area contributed by atoms with Crippen LogP contribution in [0, 0.1) is 0 Å². The number of carbonyl (C=O) groups excluding carboxylic acids is 1. The predicted octanol–water partition coefficient (Wildman–Crippen LogP) is 5.84. The fraction of sp³-hybridized carbons (Fsp3) is 0.387. The number of hydrogen-bond donors (Lipinski definition) is 1. The molecule has 0 aromatic heterocycles. The van der Waals surface area contributed by atoms with Gasteiger partial charge in [-0.1, -0.05) is 41.9 Å². The quantitative estimate of drug-likeness (QED) is 0.373. The van der Waals surface area contributed by atoms with Crippen molar-refractivity contribution < 1.29 is 24.1 Å². The average Bonchev–Trinajstić information content (AvgIpc) is 2.89. The van der Waals surface area contributed by atoms with Crippen molar-refractivity contribution in [2.75, 3.05) is 26.3 Å². The number of aliphatic hydroxyl groups is 1. The van der Waals surface area contributed by atoms with Gasteiger partial charge in [0.15, 0.2) is 0 Å². The van der Waals surface area contributed by atoms with Gasteiger partial charge in [-0.05, 0) is 72.9 Å². The minimum Gasteiger partial charge on any atom is -0.494 e. The Morgan fingerprint density at radius 3 is 2.58 bits per heavy atom. The fourth-order valence-corrected chi connectivity index (χ4v) is 5.13. The molecule has 5 rings (SSSR count). The van der Waals surface area contributed by atoms with Crippen molar-refractivity contribution in [3.63, 3.8) is 0 Å². The van der Waals surface area contributed by atoms with Gasteiger partial charge in [0.1, 0.15) is 18.1 Å². The van der Waals surface area contributed by atoms with Gasteiger partial charge in [-0.3, -0.25) is 4.79 Å². The maximum atomic E-state index is 12.5. The summed E-state index contributed by atoms with van der Waals surface area (Å²) in [6.07, 6.45) is 1.73. The minimum absolute atomic E-state index is 0.0369. The van der Waals surface area contributed by atoms with Crippen molar-refractivity contribution in [1.82, 2.24) is 4.90 Å². The van der Waals surface area contributed by atoms with E-state index in [2.05, 4.69) is 6.07 Å². The zero-order valence-corrected chi connectivity index (χ0v) is 22.4. The van der Waals surface area contributed by atoms with Crippen molar-refractivity contribution in [2.45, 2.75) is 50.9 Å². The van der Waals surface area contributed by atoms with Crippen molar-refractivity contribution in [3.8, 4) is 11.5 Å². The molecule has 6 nitrogen and oxygen atoms in total. The number of amides is 1. The molecule has 1 amide bonds. The van der Waals surface area contributed by atoms with Crippen molar-refractivity contribution >= 4 is 17.5 Å². The van der Waals surface area contributed by atoms with Crippen LogP contribution in [0.3, 0.4) is 0 Å². The molecule has 0 saturated carbocycles. The van der Waals surface area contributed by atoms with Crippen LogP contribution in [0.15, 0.2) is 66.7 Å². The normalized spacial score (nSPS) is 21.0. The number of hydrogen-bond acceptors (Lipinski definition) is 5. The standard InChI is InChI=1S/C31H34ClNO5/c1-2-36-26-10-7-21(8-11-26)15-24-16-22(9-12-29(24)32)30-19-25(34)18-28(38-30)20-37-27-6-3-5-23(17-27)31(35)33-13-4-14-33/h3,5-12,16-17,25,28,30,34H,2,4,13-15,18-20H2,1H3/t25-,28-,30+/m0/s1. The van der Waals surface area contributed by atoms with E-state index in [0.717, 1.165) is 42.0 Å². The van der Waals surface area contributed by atoms with E-state index in [1.165, 1.54) is 0 Å². The summed E-state index contributed by atoms with van der Waals surface area (Å²) in [7, 11) is 0. The second kappa shape index (κ2) is 12.2. The van der Waals surface area contributed by atoms with Gasteiger partial charge in [-0.2, -0.15) is 0 Å². The monoisotopic (exact) mass is 535 g/mol. The smallest absolute Gasteiger partial charge is 0.253 e. The Labute approximate surface area is 229 Å². The summed E-state index contributed by atoms with van der Waals surface area (Å²) in [5, 5.41) is 11.3. The molecule has 3 aromatic carbocycles. The predicted molar refractivity (Wildman–Crippen MR) is 147 cm³/mol. The number of likely N-dealkylation sites (tertiary alicyclic amines) is 1. The third-order valence-corrected chi connectivity index (χ3v) is 7.48. The Morgan fingerprint density at radius 2 is 1.84 bits per heavy atom. The molecular weight excluding hydrogens is 502 g/mol. The highest BCUT2D eigenvalue weighted by Crippen LogP contribution is 2.34. The van der Waals surface area contributed by atoms with Gasteiger partial charge >= 0.3 is 0 Å². The molecule has 0 spiro atoms. The second-order valence-electron chi connectivity index (χ2n) is 9.96. The Hall–Kier alpha value is -3.06. The van der Waals surface area contributed by atoms with Gasteiger partial charge in [-0.15, -0.1) is 0 Å². The Bertz CT molecular complexity index is 1240. The molecule has 2 heterocycles. The highest BCUT2D eigenvalue weighted by molar-refractivity contribution is 6.31. The minimum atomic E-state index is -0.494. The molecule has 3 atom stereocenters. The molecule has 0 aliphatic carbocycles. The lowest BCUT2D eigenvalue weighted by Gasteiger charge is -2.33. The SMILES string of the molecule is CCOc1ccc(Cc2cc([C@H]3C[C@@H](O)C[C@@H](COc4cccc(C(=O)N5CCC5)c4)O3)ccc2Cl)cc1. The highest BCUT2D eigenvalue weighted by atomic mass is 35.5. The fourth-order valence-electron chi connectivity index (χ4n) is 4.94. The summed E-state index contributed by atoms with van der Waals surface area (Å²) < 4.78 is 17.9. The van der Waals surface area contributed by atoms with Crippen molar-refractivity contribution in [2.24, 2.45) is 0 Å². The van der Waals surface area contributed by atoms with Crippen molar-refractivity contribution in [3.05, 3.63) is 94.0 Å². The van der Waals surface area contributed by atoms with Crippen LogP contribution < -0.4 is 9.47 Å². The first kappa shape index (κ1) is 26.5. The summed E-state index contributed by atoms with van der Waals surface area (Å²) >= 11 is 6.55. The molecule has 200 valence electrons. The van der Waals surface area contributed by atoms with E-state index < -0.39 is 6.10 Å². The summed E-state index contributed by atoms with van der Waals surface area (Å²) in [5.41, 5.74) is 3.76. The third-order valence-electron chi connectivity index (χ3n) is 7.11. The number of aliphatic hydroxyl groups excluding tert-OH is 1. The summed E-state index contributed by atoms with van der Waals surface area (Å²) in [6, 6.07) is 21.3. The first-order chi connectivity index (χ1) is 18.5. The van der Waals surface area contributed by atoms with Gasteiger partial charge in [0.05, 0.1) is 24.9 Å². The van der Waals surface area contributed by atoms with Crippen LogP contribution in [0.5, 0.6) is 11.5 Å². The average molecular weight is 536 g/mol. The van der Waals surface area contributed by atoms with Crippen LogP contribution in [0.25, 0.3) is 0 Å². The lowest BCUT2D eigenvalue weighted by Crippen LogP contribution is -2.42. The Balaban J connectivity index is 1.22. The number of rotatable bonds is 9. The number of carbonyl (C=O) groups is 1. The molecule has 0 bridgehead atoms. The molecular formula is C31H34ClNO5. The molecule has 7 heteroatoms. The molecule has 2 saturated heterocycles. The molecule has 2 aliphatic heterocycles. The van der Waals surface area contributed by atoms with Crippen LogP contribution in [-0.2, 0) is 11.2 Å². The lowest BCUT2D eigenvalue weighted by atomic mass is 9.94. The van der Waals surface area contributed by atoms with Crippen LogP contribution >= 0.6 is 11.6 Å². The molecule has 38 heavy (non-hydrogen) atoms. The zero-order valence-electron chi connectivity index (χ0n) is 21.6. The van der Waals surface area contributed by atoms with E-state index in [1.807, 2.05) is 66.4 Å². The molecule has 2 fully saturated rings. The number of nitrogens with zero attached hydrogens (tertiary/aromatic N) is 1. The lowest BCUT2D eigenvalue weighted by molar-refractivity contribution is -0.110. The molecule has 2 aliphatic rings. The molecule has 0 radical (unpaired) electrons. The summed E-state index contributed by atoms with van der Waals surface area (Å²) in [5.74, 6) is 1.51. The molecule has 0 unspecified atom stereocenters. The number of ether oxygens (including phenoxy) is 3. The van der Waals surface area contributed by atoms with Crippen LogP contribution in [0.2, 0.25) is 5.02 Å². The first-order valence-corrected chi connectivity index (χ1v) is 13.7. The topological polar surface area (TPSA) is 68.2 Å². The summed E-state index contributed by atoms with van der Waals surface area (Å²) in [6.45, 7) is 4.52. The molecule has 3 aromatic rings. The maximum Gasteiger partial charge on any atom is 0.253 e. The van der Waals surface area contributed by atoms with Gasteiger partial charge < -0.3 is 24.2 Å². The number of halogens is 1. The van der Waals surface area contributed by atoms with Gasteiger partial charge in [0, 0.05) is 36.5 Å². The summed E-state index contributed by atoms with van der Waals surface area (Å²) in [4.78, 5) is 14.4. The van der Waals surface area contributed by atoms with E-state index in [1.54, 1.807) is 6.07 Å². The Kier molecular flexibility index (Phi) is 8.52. The Morgan fingerprint density at radius 1 is 1.03 bits per heavy atom. The first-order valence-electron chi connectivity index (χ1n) is 13.3. The van der Waals surface area contributed by atoms with Crippen LogP contribution in [0.1, 0.15) is 59.3 Å². The maximum absolute atomic E-state index is 12.5. The molecule has 1 N–H and O–H groups in total. The van der Waals surface area contributed by atoms with Gasteiger partial charge in [0.2, 0.25) is 0 Å². The third kappa shape index (κ3) is 6.49. The van der Waals surface area contributed by atoms with Gasteiger partial charge in [0.25, 0.3) is 5.91 Å². The van der Waals surface area contributed by atoms with Crippen molar-refractivity contribution in [1.29, 1.82) is 0 Å². The van der Waals surface area contributed by atoms with E-state index >= 15 is 0 Å². The van der Waals surface area contributed by atoms with Crippen LogP contribution in [-0.4, -0.2) is 54.4 Å². The van der Waals surface area contributed by atoms with E-state index in [4.69, 9.17) is 25.8 Å². The van der Waals surface area contributed by atoms with E-state index in [0.29, 0.717) is 48.8 Å². The largest absolute Gasteiger partial charge is 0.494 e. The zero-order chi connectivity index (χ0) is 26.5. The van der Waals surface area contributed by atoms with E-state index in [-0.39, 0.29) is 18.1 Å². The van der Waals surface area contributed by atoms with Crippen LogP contribution in [0.4, 0.5) is 0 Å². The number of benzene rings is 3. The highest BCUT2D eigenvalue weighted by Gasteiger charge is 2.30.